The van der Waals surface area contributed by atoms with E-state index in [-0.39, 0.29) is 12.2 Å². The van der Waals surface area contributed by atoms with Crippen LogP contribution in [0, 0.1) is 12.7 Å². The van der Waals surface area contributed by atoms with E-state index < -0.39 is 5.97 Å². The molecule has 0 spiro atoms. The van der Waals surface area contributed by atoms with Crippen LogP contribution in [0.3, 0.4) is 0 Å². The third-order valence-corrected chi connectivity index (χ3v) is 5.91. The van der Waals surface area contributed by atoms with Gasteiger partial charge in [0.2, 0.25) is 0 Å². The third kappa shape index (κ3) is 4.81. The monoisotopic (exact) mass is 457 g/mol. The second-order valence-corrected chi connectivity index (χ2v) is 8.39. The number of fused-ring (bicyclic) bond motifs is 1. The quantitative estimate of drug-likeness (QED) is 0.276. The fourth-order valence-corrected chi connectivity index (χ4v) is 4.32. The van der Waals surface area contributed by atoms with E-state index in [0.29, 0.717) is 18.3 Å². The number of halogens is 1. The lowest BCUT2D eigenvalue weighted by molar-refractivity contribution is -0.137. The van der Waals surface area contributed by atoms with Crippen LogP contribution in [0.4, 0.5) is 4.39 Å². The lowest BCUT2D eigenvalue weighted by Crippen LogP contribution is -2.21. The summed E-state index contributed by atoms with van der Waals surface area (Å²) in [4.78, 5) is 17.5. The number of carboxylic acid groups (broad SMARTS) is 1. The van der Waals surface area contributed by atoms with E-state index >= 15 is 0 Å². The number of hydrogen-bond acceptors (Lipinski definition) is 2. The minimum absolute atomic E-state index is 0.157. The van der Waals surface area contributed by atoms with Gasteiger partial charge in [-0.05, 0) is 49.6 Å². The van der Waals surface area contributed by atoms with Crippen molar-refractivity contribution < 1.29 is 14.3 Å². The summed E-state index contributed by atoms with van der Waals surface area (Å²) in [6.45, 7) is 11.0. The van der Waals surface area contributed by atoms with Crippen molar-refractivity contribution in [3.63, 3.8) is 0 Å². The predicted octanol–water partition coefficient (Wildman–Crippen LogP) is 4.66. The highest BCUT2D eigenvalue weighted by molar-refractivity contribution is 5.89. The highest BCUT2D eigenvalue weighted by Crippen LogP contribution is 2.34. The molecule has 4 aromatic rings. The van der Waals surface area contributed by atoms with Gasteiger partial charge in [0.05, 0.1) is 0 Å². The zero-order valence-corrected chi connectivity index (χ0v) is 19.2. The molecule has 6 heteroatoms. The molecule has 2 aromatic heterocycles. The summed E-state index contributed by atoms with van der Waals surface area (Å²) < 4.78 is 14.0. The molecule has 0 aliphatic heterocycles. The van der Waals surface area contributed by atoms with Gasteiger partial charge in [0.1, 0.15) is 5.82 Å². The first-order valence-electron chi connectivity index (χ1n) is 11.3. The Hall–Kier alpha value is -4.06. The van der Waals surface area contributed by atoms with Crippen LogP contribution in [-0.4, -0.2) is 27.6 Å². The number of H-pyrrole nitrogens is 2. The summed E-state index contributed by atoms with van der Waals surface area (Å²) in [5.74, 6) is -1.08. The van der Waals surface area contributed by atoms with E-state index in [1.54, 1.807) is 6.07 Å². The molecule has 0 atom stereocenters. The summed E-state index contributed by atoms with van der Waals surface area (Å²) in [7, 11) is 0. The SMILES string of the molecule is C=C(NCCCCC(=O)O)c1c(C)[nH]c(/C=c2\c(=C)[nH]c3ccc(F)cc23)c1-c1ccccc1. The second-order valence-electron chi connectivity index (χ2n) is 8.39. The van der Waals surface area contributed by atoms with Gasteiger partial charge in [-0.15, -0.1) is 0 Å². The van der Waals surface area contributed by atoms with Crippen LogP contribution < -0.4 is 15.9 Å². The Bertz CT molecular complexity index is 1470. The van der Waals surface area contributed by atoms with Gasteiger partial charge in [-0.2, -0.15) is 0 Å². The van der Waals surface area contributed by atoms with Crippen LogP contribution in [-0.2, 0) is 4.79 Å². The number of unbranched alkanes of at least 4 members (excludes halogenated alkanes) is 1. The van der Waals surface area contributed by atoms with E-state index in [1.165, 1.54) is 12.1 Å². The zero-order valence-electron chi connectivity index (χ0n) is 19.2. The van der Waals surface area contributed by atoms with Crippen LogP contribution in [0.5, 0.6) is 0 Å². The maximum absolute atomic E-state index is 14.0. The molecule has 4 rings (SSSR count). The van der Waals surface area contributed by atoms with Crippen molar-refractivity contribution in [3.8, 4) is 11.1 Å². The Labute approximate surface area is 197 Å². The largest absolute Gasteiger partial charge is 0.481 e. The highest BCUT2D eigenvalue weighted by Gasteiger charge is 2.18. The van der Waals surface area contributed by atoms with E-state index in [0.717, 1.165) is 56.3 Å². The molecule has 0 fully saturated rings. The lowest BCUT2D eigenvalue weighted by atomic mass is 9.97. The van der Waals surface area contributed by atoms with E-state index in [9.17, 15) is 9.18 Å². The molecule has 4 N–H and O–H groups in total. The van der Waals surface area contributed by atoms with Crippen molar-refractivity contribution in [1.82, 2.24) is 15.3 Å². The van der Waals surface area contributed by atoms with Gasteiger partial charge in [0.25, 0.3) is 0 Å². The maximum Gasteiger partial charge on any atom is 0.303 e. The topological polar surface area (TPSA) is 80.9 Å². The average molecular weight is 458 g/mol. The van der Waals surface area contributed by atoms with Crippen LogP contribution in [0.2, 0.25) is 0 Å². The average Bonchev–Trinajstić information content (AvgIpc) is 3.29. The second kappa shape index (κ2) is 9.83. The number of aromatic amines is 2. The molecular weight excluding hydrogens is 429 g/mol. The number of benzene rings is 2. The van der Waals surface area contributed by atoms with Crippen LogP contribution in [0.25, 0.3) is 40.4 Å². The molecule has 0 bridgehead atoms. The molecule has 2 heterocycles. The number of aliphatic carboxylic acids is 1. The van der Waals surface area contributed by atoms with Gasteiger partial charge in [0.15, 0.2) is 0 Å². The molecule has 0 unspecified atom stereocenters. The molecule has 0 saturated carbocycles. The predicted molar refractivity (Wildman–Crippen MR) is 136 cm³/mol. The smallest absolute Gasteiger partial charge is 0.303 e. The molecule has 34 heavy (non-hydrogen) atoms. The molecular formula is C28H28FN3O2. The molecule has 2 aromatic carbocycles. The summed E-state index contributed by atoms with van der Waals surface area (Å²) in [6, 6.07) is 14.7. The van der Waals surface area contributed by atoms with Gasteiger partial charge in [-0.1, -0.05) is 43.5 Å². The van der Waals surface area contributed by atoms with Gasteiger partial charge < -0.3 is 20.4 Å². The lowest BCUT2D eigenvalue weighted by Gasteiger charge is -2.13. The zero-order chi connectivity index (χ0) is 24.2. The summed E-state index contributed by atoms with van der Waals surface area (Å²) in [6.07, 6.45) is 3.50. The first kappa shape index (κ1) is 23.1. The standard InChI is InChI=1S/C28H28FN3O2/c1-17-22(23-15-21(29)12-13-24(23)31-17)16-25-28(20-9-5-4-6-10-20)27(19(3)32-25)18(2)30-14-8-7-11-26(33)34/h4-6,9-10,12-13,15-16,30-32H,1-2,7-8,11,14H2,3H3,(H,33,34)/b22-16+. The normalized spacial score (nSPS) is 11.8. The molecule has 0 aliphatic carbocycles. The number of aromatic nitrogens is 2. The van der Waals surface area contributed by atoms with Crippen molar-refractivity contribution in [2.24, 2.45) is 0 Å². The first-order valence-corrected chi connectivity index (χ1v) is 11.3. The summed E-state index contributed by atoms with van der Waals surface area (Å²) in [5.41, 5.74) is 6.40. The van der Waals surface area contributed by atoms with Crippen LogP contribution >= 0.6 is 0 Å². The molecule has 174 valence electrons. The van der Waals surface area contributed by atoms with Crippen LogP contribution in [0.1, 0.15) is 36.2 Å². The highest BCUT2D eigenvalue weighted by atomic mass is 19.1. The Kier molecular flexibility index (Phi) is 6.68. The van der Waals surface area contributed by atoms with E-state index in [2.05, 4.69) is 28.4 Å². The van der Waals surface area contributed by atoms with Gasteiger partial charge in [0, 0.05) is 62.6 Å². The van der Waals surface area contributed by atoms with Gasteiger partial charge in [-0.3, -0.25) is 4.79 Å². The van der Waals surface area contributed by atoms with Gasteiger partial charge >= 0.3 is 5.97 Å². The van der Waals surface area contributed by atoms with Crippen molar-refractivity contribution in [3.05, 3.63) is 88.4 Å². The third-order valence-electron chi connectivity index (χ3n) is 5.91. The minimum Gasteiger partial charge on any atom is -0.481 e. The Morgan fingerprint density at radius 3 is 2.65 bits per heavy atom. The van der Waals surface area contributed by atoms with Crippen molar-refractivity contribution >= 4 is 35.2 Å². The Morgan fingerprint density at radius 2 is 1.91 bits per heavy atom. The van der Waals surface area contributed by atoms with E-state index in [1.807, 2.05) is 43.3 Å². The van der Waals surface area contributed by atoms with Crippen LogP contribution in [0.15, 0.2) is 55.1 Å². The van der Waals surface area contributed by atoms with E-state index in [4.69, 9.17) is 5.11 Å². The molecule has 0 radical (unpaired) electrons. The minimum atomic E-state index is -0.784. The summed E-state index contributed by atoms with van der Waals surface area (Å²) in [5, 5.41) is 14.5. The van der Waals surface area contributed by atoms with Gasteiger partial charge in [-0.25, -0.2) is 4.39 Å². The number of carbonyl (C=O) groups is 1. The molecule has 0 aliphatic rings. The first-order chi connectivity index (χ1) is 16.3. The number of aryl methyl sites for hydroxylation is 1. The molecule has 5 nitrogen and oxygen atoms in total. The van der Waals surface area contributed by atoms with Crippen molar-refractivity contribution in [1.29, 1.82) is 0 Å². The summed E-state index contributed by atoms with van der Waals surface area (Å²) >= 11 is 0. The Balaban J connectivity index is 1.78. The number of nitrogens with one attached hydrogen (secondary N) is 3. The number of carboxylic acids is 1. The van der Waals surface area contributed by atoms with Crippen molar-refractivity contribution in [2.75, 3.05) is 6.54 Å². The molecule has 0 amide bonds. The fourth-order valence-electron chi connectivity index (χ4n) is 4.32. The number of hydrogen-bond donors (Lipinski definition) is 4. The van der Waals surface area contributed by atoms with Crippen molar-refractivity contribution in [2.45, 2.75) is 26.2 Å². The molecule has 0 saturated heterocycles. The fraction of sp³-hybridized carbons (Fsp3) is 0.179. The number of rotatable bonds is 9. The maximum atomic E-state index is 14.0. The Morgan fingerprint density at radius 1 is 1.15 bits per heavy atom.